The average Bonchev–Trinajstić information content (AvgIpc) is 2.51. The summed E-state index contributed by atoms with van der Waals surface area (Å²) in [5.74, 6) is -0.556. The average molecular weight is 187 g/mol. The minimum Gasteiger partial charge on any atom is -0.465 e. The van der Waals surface area contributed by atoms with Gasteiger partial charge >= 0.3 is 11.0 Å². The Hall–Kier alpha value is -1.43. The number of nitro groups is 1. The first kappa shape index (κ1) is 8.66. The van der Waals surface area contributed by atoms with Gasteiger partial charge in [-0.15, -0.1) is 0 Å². The fourth-order valence-corrected chi connectivity index (χ4v) is 1.34. The fourth-order valence-electron chi connectivity index (χ4n) is 0.646. The summed E-state index contributed by atoms with van der Waals surface area (Å²) in [6, 6.07) is 1.19. The monoisotopic (exact) mass is 187 g/mol. The Morgan fingerprint density at radius 2 is 2.42 bits per heavy atom. The topological polar surface area (TPSA) is 69.4 Å². The number of hydrogen-bond donors (Lipinski definition) is 0. The van der Waals surface area contributed by atoms with Crippen molar-refractivity contribution in [2.24, 2.45) is 0 Å². The largest absolute Gasteiger partial charge is 0.465 e. The molecule has 5 nitrogen and oxygen atoms in total. The molecule has 64 valence electrons. The van der Waals surface area contributed by atoms with Crippen molar-refractivity contribution < 1.29 is 14.5 Å². The minimum absolute atomic E-state index is 0.0598. The molecule has 6 heteroatoms. The summed E-state index contributed by atoms with van der Waals surface area (Å²) in [6.45, 7) is 0. The molecule has 0 aliphatic rings. The molecule has 0 saturated carbocycles. The van der Waals surface area contributed by atoms with Crippen LogP contribution in [-0.4, -0.2) is 18.0 Å². The second-order valence-corrected chi connectivity index (χ2v) is 2.81. The van der Waals surface area contributed by atoms with Crippen molar-refractivity contribution in [3.05, 3.63) is 27.1 Å². The van der Waals surface area contributed by atoms with E-state index in [9.17, 15) is 14.9 Å². The van der Waals surface area contributed by atoms with Crippen LogP contribution in [-0.2, 0) is 4.74 Å². The van der Waals surface area contributed by atoms with Gasteiger partial charge in [0.1, 0.15) is 0 Å². The summed E-state index contributed by atoms with van der Waals surface area (Å²) in [7, 11) is 1.23. The fraction of sp³-hybridized carbons (Fsp3) is 0.167. The summed E-state index contributed by atoms with van der Waals surface area (Å²) in [5.41, 5.74) is 0.217. The summed E-state index contributed by atoms with van der Waals surface area (Å²) < 4.78 is 4.37. The number of carbonyl (C=O) groups excluding carboxylic acids is 1. The smallest absolute Gasteiger partial charge is 0.338 e. The molecule has 0 amide bonds. The number of ether oxygens (including phenoxy) is 1. The lowest BCUT2D eigenvalue weighted by atomic mass is 10.3. The number of nitrogens with zero attached hydrogens (tertiary/aromatic N) is 1. The summed E-state index contributed by atoms with van der Waals surface area (Å²) in [5, 5.41) is 11.5. The molecule has 1 aromatic heterocycles. The van der Waals surface area contributed by atoms with Crippen LogP contribution in [0.1, 0.15) is 10.4 Å². The van der Waals surface area contributed by atoms with Crippen LogP contribution in [0.2, 0.25) is 0 Å². The van der Waals surface area contributed by atoms with E-state index in [1.54, 1.807) is 0 Å². The number of rotatable bonds is 2. The van der Waals surface area contributed by atoms with Crippen molar-refractivity contribution in [2.45, 2.75) is 0 Å². The van der Waals surface area contributed by atoms with E-state index in [-0.39, 0.29) is 10.6 Å². The molecule has 1 heterocycles. The third-order valence-electron chi connectivity index (χ3n) is 1.19. The lowest BCUT2D eigenvalue weighted by Crippen LogP contribution is -1.98. The van der Waals surface area contributed by atoms with Crippen LogP contribution in [0.15, 0.2) is 11.4 Å². The maximum absolute atomic E-state index is 10.8. The first-order chi connectivity index (χ1) is 5.65. The highest BCUT2D eigenvalue weighted by atomic mass is 32.1. The molecule has 12 heavy (non-hydrogen) atoms. The van der Waals surface area contributed by atoms with Gasteiger partial charge in [0.25, 0.3) is 0 Å². The SMILES string of the molecule is COC(=O)c1csc([N+](=O)[O-])c1. The summed E-state index contributed by atoms with van der Waals surface area (Å²) in [6.07, 6.45) is 0. The van der Waals surface area contributed by atoms with E-state index in [1.807, 2.05) is 0 Å². The van der Waals surface area contributed by atoms with Gasteiger partial charge in [0.05, 0.1) is 17.6 Å². The predicted octanol–water partition coefficient (Wildman–Crippen LogP) is 1.44. The normalized spacial score (nSPS) is 9.42. The molecule has 0 N–H and O–H groups in total. The zero-order chi connectivity index (χ0) is 9.14. The van der Waals surface area contributed by atoms with Crippen molar-refractivity contribution in [2.75, 3.05) is 7.11 Å². The quantitative estimate of drug-likeness (QED) is 0.399. The number of thiophene rings is 1. The van der Waals surface area contributed by atoms with Crippen molar-refractivity contribution >= 4 is 22.3 Å². The van der Waals surface area contributed by atoms with Gasteiger partial charge in [-0.3, -0.25) is 10.1 Å². The van der Waals surface area contributed by atoms with E-state index < -0.39 is 10.9 Å². The van der Waals surface area contributed by atoms with Crippen LogP contribution in [0.3, 0.4) is 0 Å². The van der Waals surface area contributed by atoms with E-state index in [4.69, 9.17) is 0 Å². The second-order valence-electron chi connectivity index (χ2n) is 1.92. The van der Waals surface area contributed by atoms with Crippen LogP contribution in [0.5, 0.6) is 0 Å². The first-order valence-corrected chi connectivity index (χ1v) is 3.84. The van der Waals surface area contributed by atoms with Crippen molar-refractivity contribution in [1.82, 2.24) is 0 Å². The predicted molar refractivity (Wildman–Crippen MR) is 42.3 cm³/mol. The molecular formula is C6H5NO4S. The molecule has 1 rings (SSSR count). The lowest BCUT2D eigenvalue weighted by Gasteiger charge is -1.90. The number of carbonyl (C=O) groups is 1. The molecule has 0 radical (unpaired) electrons. The van der Waals surface area contributed by atoms with Crippen LogP contribution >= 0.6 is 11.3 Å². The van der Waals surface area contributed by atoms with Gasteiger partial charge in [-0.05, 0) is 0 Å². The van der Waals surface area contributed by atoms with E-state index in [0.29, 0.717) is 0 Å². The second kappa shape index (κ2) is 3.31. The Kier molecular flexibility index (Phi) is 2.39. The Balaban J connectivity index is 2.91. The molecule has 0 aliphatic carbocycles. The molecular weight excluding hydrogens is 182 g/mol. The highest BCUT2D eigenvalue weighted by Crippen LogP contribution is 2.22. The maximum atomic E-state index is 10.8. The molecule has 0 fully saturated rings. The van der Waals surface area contributed by atoms with Gasteiger partial charge in [-0.25, -0.2) is 4.79 Å². The third kappa shape index (κ3) is 1.59. The van der Waals surface area contributed by atoms with E-state index in [0.717, 1.165) is 11.3 Å². The molecule has 0 unspecified atom stereocenters. The Bertz CT molecular complexity index is 319. The van der Waals surface area contributed by atoms with Gasteiger partial charge < -0.3 is 4.74 Å². The van der Waals surface area contributed by atoms with Crippen LogP contribution in [0.4, 0.5) is 5.00 Å². The van der Waals surface area contributed by atoms with Crippen molar-refractivity contribution in [1.29, 1.82) is 0 Å². The van der Waals surface area contributed by atoms with Gasteiger partial charge in [0, 0.05) is 11.4 Å². The molecule has 0 aliphatic heterocycles. The van der Waals surface area contributed by atoms with E-state index in [1.165, 1.54) is 18.6 Å². The molecule has 0 saturated heterocycles. The van der Waals surface area contributed by atoms with Gasteiger partial charge in [-0.2, -0.15) is 0 Å². The Morgan fingerprint density at radius 3 is 2.83 bits per heavy atom. The van der Waals surface area contributed by atoms with Gasteiger partial charge in [-0.1, -0.05) is 11.3 Å². The highest BCUT2D eigenvalue weighted by Gasteiger charge is 2.14. The van der Waals surface area contributed by atoms with E-state index >= 15 is 0 Å². The molecule has 0 bridgehead atoms. The molecule has 0 atom stereocenters. The standard InChI is InChI=1S/C6H5NO4S/c1-11-6(8)4-2-5(7(9)10)12-3-4/h2-3H,1H3. The zero-order valence-corrected chi connectivity index (χ0v) is 6.96. The first-order valence-electron chi connectivity index (χ1n) is 2.96. The Morgan fingerprint density at radius 1 is 1.75 bits per heavy atom. The van der Waals surface area contributed by atoms with Crippen LogP contribution < -0.4 is 0 Å². The molecule has 0 spiro atoms. The van der Waals surface area contributed by atoms with Crippen LogP contribution in [0, 0.1) is 10.1 Å². The summed E-state index contributed by atoms with van der Waals surface area (Å²) in [4.78, 5) is 20.5. The third-order valence-corrected chi connectivity index (χ3v) is 2.07. The number of hydrogen-bond acceptors (Lipinski definition) is 5. The number of esters is 1. The number of methoxy groups -OCH3 is 1. The van der Waals surface area contributed by atoms with Crippen molar-refractivity contribution in [3.8, 4) is 0 Å². The molecule has 0 aromatic carbocycles. The van der Waals surface area contributed by atoms with E-state index in [2.05, 4.69) is 4.74 Å². The minimum atomic E-state index is -0.556. The summed E-state index contributed by atoms with van der Waals surface area (Å²) >= 11 is 0.901. The van der Waals surface area contributed by atoms with Crippen molar-refractivity contribution in [3.63, 3.8) is 0 Å². The van der Waals surface area contributed by atoms with Gasteiger partial charge in [0.15, 0.2) is 0 Å². The maximum Gasteiger partial charge on any atom is 0.338 e. The van der Waals surface area contributed by atoms with Gasteiger partial charge in [0.2, 0.25) is 0 Å². The highest BCUT2D eigenvalue weighted by molar-refractivity contribution is 7.13. The zero-order valence-electron chi connectivity index (χ0n) is 6.14. The lowest BCUT2D eigenvalue weighted by molar-refractivity contribution is -0.380. The molecule has 1 aromatic rings. The Labute approximate surface area is 71.7 Å². The van der Waals surface area contributed by atoms with Crippen LogP contribution in [0.25, 0.3) is 0 Å².